The average molecular weight is 256 g/mol. The van der Waals surface area contributed by atoms with Crippen LogP contribution in [0.4, 0.5) is 0 Å². The SMILES string of the molecule is CNCC(=O)c1c(Cl)cc(C=O)c2c1OCO2. The van der Waals surface area contributed by atoms with Gasteiger partial charge in [-0.25, -0.2) is 0 Å². The molecule has 5 nitrogen and oxygen atoms in total. The molecule has 1 aromatic rings. The Bertz CT molecular complexity index is 487. The Morgan fingerprint density at radius 3 is 2.88 bits per heavy atom. The van der Waals surface area contributed by atoms with Gasteiger partial charge in [0.05, 0.1) is 22.7 Å². The van der Waals surface area contributed by atoms with Gasteiger partial charge in [0.15, 0.2) is 23.6 Å². The Hall–Kier alpha value is -1.59. The van der Waals surface area contributed by atoms with E-state index in [0.29, 0.717) is 6.29 Å². The van der Waals surface area contributed by atoms with E-state index in [4.69, 9.17) is 21.1 Å². The predicted molar refractivity (Wildman–Crippen MR) is 61.2 cm³/mol. The summed E-state index contributed by atoms with van der Waals surface area (Å²) in [4.78, 5) is 22.7. The Balaban J connectivity index is 2.57. The summed E-state index contributed by atoms with van der Waals surface area (Å²) in [5.41, 5.74) is 0.530. The van der Waals surface area contributed by atoms with Crippen molar-refractivity contribution in [2.45, 2.75) is 0 Å². The van der Waals surface area contributed by atoms with Crippen molar-refractivity contribution in [1.82, 2.24) is 5.32 Å². The third-order valence-electron chi connectivity index (χ3n) is 2.37. The monoisotopic (exact) mass is 255 g/mol. The van der Waals surface area contributed by atoms with Crippen LogP contribution in [-0.4, -0.2) is 32.5 Å². The lowest BCUT2D eigenvalue weighted by Crippen LogP contribution is -2.19. The Morgan fingerprint density at radius 2 is 2.24 bits per heavy atom. The molecule has 0 bridgehead atoms. The summed E-state index contributed by atoms with van der Waals surface area (Å²) < 4.78 is 10.4. The van der Waals surface area contributed by atoms with Crippen molar-refractivity contribution in [3.63, 3.8) is 0 Å². The molecule has 17 heavy (non-hydrogen) atoms. The number of carbonyl (C=O) groups is 2. The molecule has 1 aromatic carbocycles. The first-order valence-corrected chi connectivity index (χ1v) is 5.32. The van der Waals surface area contributed by atoms with Crippen LogP contribution in [0.2, 0.25) is 5.02 Å². The number of ketones is 1. The van der Waals surface area contributed by atoms with Crippen molar-refractivity contribution in [3.05, 3.63) is 22.2 Å². The molecular weight excluding hydrogens is 246 g/mol. The second-order valence-electron chi connectivity index (χ2n) is 3.46. The van der Waals surface area contributed by atoms with Gasteiger partial charge in [-0.15, -0.1) is 0 Å². The Morgan fingerprint density at radius 1 is 1.53 bits per heavy atom. The summed E-state index contributed by atoms with van der Waals surface area (Å²) >= 11 is 5.98. The van der Waals surface area contributed by atoms with E-state index < -0.39 is 0 Å². The number of halogens is 1. The molecule has 0 aliphatic carbocycles. The molecule has 0 amide bonds. The molecule has 0 radical (unpaired) electrons. The highest BCUT2D eigenvalue weighted by Gasteiger charge is 2.27. The van der Waals surface area contributed by atoms with Crippen molar-refractivity contribution >= 4 is 23.7 Å². The number of hydrogen-bond acceptors (Lipinski definition) is 5. The molecule has 0 spiro atoms. The first-order chi connectivity index (χ1) is 8.19. The Kier molecular flexibility index (Phi) is 3.31. The van der Waals surface area contributed by atoms with Crippen LogP contribution in [0.15, 0.2) is 6.07 Å². The highest BCUT2D eigenvalue weighted by molar-refractivity contribution is 6.35. The zero-order valence-electron chi connectivity index (χ0n) is 9.08. The van der Waals surface area contributed by atoms with E-state index in [1.165, 1.54) is 6.07 Å². The molecule has 2 rings (SSSR count). The molecule has 1 N–H and O–H groups in total. The fourth-order valence-electron chi connectivity index (χ4n) is 1.66. The summed E-state index contributed by atoms with van der Waals surface area (Å²) in [6.07, 6.45) is 0.617. The number of rotatable bonds is 4. The maximum atomic E-state index is 11.9. The predicted octanol–water partition coefficient (Wildman–Crippen LogP) is 1.28. The van der Waals surface area contributed by atoms with Gasteiger partial charge in [0.25, 0.3) is 0 Å². The fourth-order valence-corrected chi connectivity index (χ4v) is 1.97. The molecule has 1 aliphatic heterocycles. The molecule has 0 saturated carbocycles. The smallest absolute Gasteiger partial charge is 0.231 e. The molecule has 0 saturated heterocycles. The van der Waals surface area contributed by atoms with Gasteiger partial charge in [-0.2, -0.15) is 0 Å². The number of fused-ring (bicyclic) bond motifs is 1. The number of nitrogens with one attached hydrogen (secondary N) is 1. The number of Topliss-reactive ketones (excluding diaryl/α,β-unsaturated/α-hetero) is 1. The van der Waals surface area contributed by atoms with Crippen molar-refractivity contribution in [2.24, 2.45) is 0 Å². The van der Waals surface area contributed by atoms with Gasteiger partial charge < -0.3 is 14.8 Å². The maximum Gasteiger partial charge on any atom is 0.231 e. The van der Waals surface area contributed by atoms with E-state index in [2.05, 4.69) is 5.32 Å². The molecule has 0 atom stereocenters. The van der Waals surface area contributed by atoms with Crippen molar-refractivity contribution in [3.8, 4) is 11.5 Å². The number of benzene rings is 1. The average Bonchev–Trinajstić information content (AvgIpc) is 2.76. The summed E-state index contributed by atoms with van der Waals surface area (Å²) in [5, 5.41) is 2.93. The summed E-state index contributed by atoms with van der Waals surface area (Å²) in [6, 6.07) is 1.41. The molecule has 0 fully saturated rings. The van der Waals surface area contributed by atoms with E-state index in [1.807, 2.05) is 0 Å². The van der Waals surface area contributed by atoms with E-state index in [0.717, 1.165) is 0 Å². The number of carbonyl (C=O) groups excluding carboxylic acids is 2. The molecule has 90 valence electrons. The maximum absolute atomic E-state index is 11.9. The van der Waals surface area contributed by atoms with Gasteiger partial charge in [-0.3, -0.25) is 9.59 Å². The molecule has 0 aromatic heterocycles. The van der Waals surface area contributed by atoms with E-state index in [-0.39, 0.29) is 46.8 Å². The van der Waals surface area contributed by atoms with Crippen molar-refractivity contribution < 1.29 is 19.1 Å². The van der Waals surface area contributed by atoms with E-state index >= 15 is 0 Å². The van der Waals surface area contributed by atoms with Crippen LogP contribution in [0.25, 0.3) is 0 Å². The first-order valence-electron chi connectivity index (χ1n) is 4.94. The minimum absolute atomic E-state index is 0.0175. The fraction of sp³-hybridized carbons (Fsp3) is 0.273. The molecule has 1 heterocycles. The van der Waals surface area contributed by atoms with Crippen molar-refractivity contribution in [2.75, 3.05) is 20.4 Å². The zero-order chi connectivity index (χ0) is 12.4. The largest absolute Gasteiger partial charge is 0.453 e. The second-order valence-corrected chi connectivity index (χ2v) is 3.87. The van der Waals surface area contributed by atoms with Gasteiger partial charge >= 0.3 is 0 Å². The molecule has 6 heteroatoms. The molecule has 1 aliphatic rings. The van der Waals surface area contributed by atoms with Crippen LogP contribution in [0.1, 0.15) is 20.7 Å². The summed E-state index contributed by atoms with van der Waals surface area (Å²) in [6.45, 7) is 0.117. The van der Waals surface area contributed by atoms with Crippen LogP contribution in [0.5, 0.6) is 11.5 Å². The van der Waals surface area contributed by atoms with Crippen molar-refractivity contribution in [1.29, 1.82) is 0 Å². The molecular formula is C11H10ClNO4. The zero-order valence-corrected chi connectivity index (χ0v) is 9.84. The Labute approximate surface area is 103 Å². The first kappa shape index (κ1) is 11.9. The quantitative estimate of drug-likeness (QED) is 0.649. The highest BCUT2D eigenvalue weighted by atomic mass is 35.5. The highest BCUT2D eigenvalue weighted by Crippen LogP contribution is 2.42. The lowest BCUT2D eigenvalue weighted by Gasteiger charge is -2.08. The van der Waals surface area contributed by atoms with Gasteiger partial charge in [0.2, 0.25) is 6.79 Å². The minimum Gasteiger partial charge on any atom is -0.453 e. The van der Waals surface area contributed by atoms with E-state index in [9.17, 15) is 9.59 Å². The van der Waals surface area contributed by atoms with E-state index in [1.54, 1.807) is 7.05 Å². The number of aldehydes is 1. The molecule has 0 unspecified atom stereocenters. The van der Waals surface area contributed by atoms with Crippen LogP contribution in [0.3, 0.4) is 0 Å². The van der Waals surface area contributed by atoms with Crippen LogP contribution < -0.4 is 14.8 Å². The third-order valence-corrected chi connectivity index (χ3v) is 2.66. The van der Waals surface area contributed by atoms with Gasteiger partial charge in [-0.05, 0) is 13.1 Å². The number of ether oxygens (including phenoxy) is 2. The normalized spacial score (nSPS) is 12.6. The number of likely N-dealkylation sites (N-methyl/N-ethyl adjacent to an activating group) is 1. The van der Waals surface area contributed by atoms with Crippen LogP contribution in [0, 0.1) is 0 Å². The summed E-state index contributed by atoms with van der Waals surface area (Å²) in [5.74, 6) is 0.320. The minimum atomic E-state index is -0.211. The number of hydrogen-bond donors (Lipinski definition) is 1. The van der Waals surface area contributed by atoms with Gasteiger partial charge in [0.1, 0.15) is 0 Å². The topological polar surface area (TPSA) is 64.6 Å². The third kappa shape index (κ3) is 1.99. The standard InChI is InChI=1S/C11H10ClNO4/c1-13-3-8(15)9-7(12)2-6(4-14)10-11(9)17-5-16-10/h2,4,13H,3,5H2,1H3. The van der Waals surface area contributed by atoms with Crippen LogP contribution in [-0.2, 0) is 0 Å². The van der Waals surface area contributed by atoms with Gasteiger partial charge in [-0.1, -0.05) is 11.6 Å². The van der Waals surface area contributed by atoms with Gasteiger partial charge in [0, 0.05) is 0 Å². The lowest BCUT2D eigenvalue weighted by atomic mass is 10.1. The summed E-state index contributed by atoms with van der Waals surface area (Å²) in [7, 11) is 1.66. The second kappa shape index (κ2) is 4.73. The lowest BCUT2D eigenvalue weighted by molar-refractivity contribution is 0.0988. The van der Waals surface area contributed by atoms with Crippen LogP contribution >= 0.6 is 11.6 Å².